The van der Waals surface area contributed by atoms with Crippen LogP contribution in [0.25, 0.3) is 0 Å². The number of carbonyl (C=O) groups is 2. The van der Waals surface area contributed by atoms with Crippen molar-refractivity contribution < 1.29 is 43.1 Å². The van der Waals surface area contributed by atoms with Gasteiger partial charge in [-0.1, -0.05) is 30.3 Å². The summed E-state index contributed by atoms with van der Waals surface area (Å²) in [6.07, 6.45) is -4.01. The van der Waals surface area contributed by atoms with Crippen molar-refractivity contribution in [2.45, 2.75) is 31.2 Å². The maximum Gasteiger partial charge on any atom is 0.338 e. The van der Waals surface area contributed by atoms with Crippen molar-refractivity contribution in [3.63, 3.8) is 0 Å². The van der Waals surface area contributed by atoms with Crippen LogP contribution in [0.1, 0.15) is 26.3 Å². The second-order valence-electron chi connectivity index (χ2n) is 8.62. The fraction of sp³-hybridized carbons (Fsp3) is 0.259. The summed E-state index contributed by atoms with van der Waals surface area (Å²) in [6.45, 7) is -0.190. The first-order valence-corrected chi connectivity index (χ1v) is 12.0. The summed E-state index contributed by atoms with van der Waals surface area (Å²) >= 11 is 0. The molecule has 0 saturated carbocycles. The average molecular weight is 552 g/mol. The van der Waals surface area contributed by atoms with Crippen LogP contribution in [-0.4, -0.2) is 60.1 Å². The number of hydrogen-bond donors (Lipinski definition) is 0. The van der Waals surface area contributed by atoms with E-state index in [1.807, 2.05) is 30.3 Å². The van der Waals surface area contributed by atoms with Crippen molar-refractivity contribution in [3.05, 3.63) is 116 Å². The standard InChI is InChI=1S/C27H24N2O11/c1-36-27-24(40-26(31)19-9-13-21(14-10-19)29(34)35)23(37-15-17-5-3-2-4-6-17)22(39-27)16-38-25(30)18-7-11-20(12-8-18)28(32)33/h2-14,22-24,27H,15-16H2,1H3/t22-,23+,24-,27-/m0/s1. The van der Waals surface area contributed by atoms with Gasteiger partial charge in [-0.3, -0.25) is 20.2 Å². The predicted octanol–water partition coefficient (Wildman–Crippen LogP) is 3.84. The minimum atomic E-state index is -1.08. The summed E-state index contributed by atoms with van der Waals surface area (Å²) in [5, 5.41) is 21.8. The molecule has 3 aromatic carbocycles. The van der Waals surface area contributed by atoms with Gasteiger partial charge in [-0.15, -0.1) is 0 Å². The van der Waals surface area contributed by atoms with Gasteiger partial charge < -0.3 is 23.7 Å². The second kappa shape index (κ2) is 12.9. The van der Waals surface area contributed by atoms with Gasteiger partial charge in [-0.25, -0.2) is 9.59 Å². The number of rotatable bonds is 11. The van der Waals surface area contributed by atoms with E-state index in [1.54, 1.807) is 0 Å². The van der Waals surface area contributed by atoms with Gasteiger partial charge in [-0.2, -0.15) is 0 Å². The molecule has 1 heterocycles. The smallest absolute Gasteiger partial charge is 0.338 e. The lowest BCUT2D eigenvalue weighted by Gasteiger charge is -2.24. The van der Waals surface area contributed by atoms with Crippen LogP contribution in [0.5, 0.6) is 0 Å². The van der Waals surface area contributed by atoms with Gasteiger partial charge in [-0.05, 0) is 29.8 Å². The van der Waals surface area contributed by atoms with E-state index in [-0.39, 0.29) is 35.7 Å². The number of non-ortho nitro benzene ring substituents is 2. The summed E-state index contributed by atoms with van der Waals surface area (Å²) in [6, 6.07) is 19.0. The van der Waals surface area contributed by atoms with E-state index in [0.29, 0.717) is 0 Å². The maximum absolute atomic E-state index is 12.9. The topological polar surface area (TPSA) is 167 Å². The molecule has 0 radical (unpaired) electrons. The molecule has 13 nitrogen and oxygen atoms in total. The van der Waals surface area contributed by atoms with Crippen LogP contribution in [0.2, 0.25) is 0 Å². The molecule has 208 valence electrons. The van der Waals surface area contributed by atoms with Crippen LogP contribution in [0, 0.1) is 20.2 Å². The molecule has 0 unspecified atom stereocenters. The highest BCUT2D eigenvalue weighted by molar-refractivity contribution is 5.90. The van der Waals surface area contributed by atoms with E-state index in [4.69, 9.17) is 23.7 Å². The van der Waals surface area contributed by atoms with Crippen molar-refractivity contribution in [2.24, 2.45) is 0 Å². The third kappa shape index (κ3) is 6.83. The lowest BCUT2D eigenvalue weighted by atomic mass is 10.1. The van der Waals surface area contributed by atoms with E-state index in [2.05, 4.69) is 0 Å². The zero-order chi connectivity index (χ0) is 28.6. The molecule has 0 aliphatic carbocycles. The normalized spacial score (nSPS) is 20.0. The Morgan fingerprint density at radius 1 is 0.800 bits per heavy atom. The Labute approximate surface area is 227 Å². The Kier molecular flexibility index (Phi) is 9.11. The Morgan fingerprint density at radius 3 is 1.88 bits per heavy atom. The minimum Gasteiger partial charge on any atom is -0.459 e. The fourth-order valence-electron chi connectivity index (χ4n) is 3.98. The molecule has 0 amide bonds. The molecule has 1 aliphatic heterocycles. The summed E-state index contributed by atoms with van der Waals surface area (Å²) in [5.74, 6) is -1.54. The van der Waals surface area contributed by atoms with E-state index >= 15 is 0 Å². The van der Waals surface area contributed by atoms with E-state index < -0.39 is 46.4 Å². The molecule has 3 aromatic rings. The molecule has 0 aromatic heterocycles. The van der Waals surface area contributed by atoms with Crippen LogP contribution in [-0.2, 0) is 30.3 Å². The number of nitro benzene ring substituents is 2. The van der Waals surface area contributed by atoms with Gasteiger partial charge >= 0.3 is 11.9 Å². The van der Waals surface area contributed by atoms with Crippen LogP contribution in [0.4, 0.5) is 11.4 Å². The highest BCUT2D eigenvalue weighted by atomic mass is 16.7. The van der Waals surface area contributed by atoms with E-state index in [1.165, 1.54) is 55.6 Å². The van der Waals surface area contributed by atoms with Gasteiger partial charge in [0.2, 0.25) is 0 Å². The summed E-state index contributed by atoms with van der Waals surface area (Å²) in [7, 11) is 1.34. The monoisotopic (exact) mass is 552 g/mol. The zero-order valence-electron chi connectivity index (χ0n) is 21.1. The molecule has 4 atom stereocenters. The van der Waals surface area contributed by atoms with Crippen LogP contribution in [0.3, 0.4) is 0 Å². The van der Waals surface area contributed by atoms with E-state index in [0.717, 1.165) is 5.56 Å². The Bertz CT molecular complexity index is 1350. The van der Waals surface area contributed by atoms with Crippen molar-refractivity contribution in [1.29, 1.82) is 0 Å². The largest absolute Gasteiger partial charge is 0.459 e. The van der Waals surface area contributed by atoms with Crippen LogP contribution >= 0.6 is 0 Å². The number of methoxy groups -OCH3 is 1. The first-order chi connectivity index (χ1) is 19.3. The SMILES string of the molecule is CO[C@H]1O[C@@H](COC(=O)c2ccc([N+](=O)[O-])cc2)[C@@H](OCc2ccccc2)[C@@H]1OC(=O)c1ccc([N+](=O)[O-])cc1. The summed E-state index contributed by atoms with van der Waals surface area (Å²) in [4.78, 5) is 46.1. The van der Waals surface area contributed by atoms with Gasteiger partial charge in [0.15, 0.2) is 12.4 Å². The number of benzene rings is 3. The maximum atomic E-state index is 12.9. The van der Waals surface area contributed by atoms with E-state index in [9.17, 15) is 29.8 Å². The molecule has 1 fully saturated rings. The summed E-state index contributed by atoms with van der Waals surface area (Å²) < 4.78 is 28.4. The number of ether oxygens (including phenoxy) is 5. The minimum absolute atomic E-state index is 0.0651. The molecule has 0 spiro atoms. The number of nitro groups is 2. The average Bonchev–Trinajstić information content (AvgIpc) is 3.31. The lowest BCUT2D eigenvalue weighted by molar-refractivity contribution is -0.385. The Balaban J connectivity index is 1.49. The quantitative estimate of drug-likeness (QED) is 0.193. The highest BCUT2D eigenvalue weighted by Crippen LogP contribution is 2.30. The van der Waals surface area contributed by atoms with Gasteiger partial charge in [0.1, 0.15) is 18.8 Å². The molecular formula is C27H24N2O11. The Morgan fingerprint density at radius 2 is 1.35 bits per heavy atom. The van der Waals surface area contributed by atoms with Crippen molar-refractivity contribution in [3.8, 4) is 0 Å². The predicted molar refractivity (Wildman–Crippen MR) is 136 cm³/mol. The number of hydrogen-bond acceptors (Lipinski definition) is 11. The first kappa shape index (κ1) is 28.3. The fourth-order valence-corrected chi connectivity index (χ4v) is 3.98. The van der Waals surface area contributed by atoms with Crippen LogP contribution < -0.4 is 0 Å². The third-order valence-corrected chi connectivity index (χ3v) is 6.03. The number of esters is 2. The van der Waals surface area contributed by atoms with Gasteiger partial charge in [0.05, 0.1) is 27.6 Å². The van der Waals surface area contributed by atoms with Crippen molar-refractivity contribution >= 4 is 23.3 Å². The van der Waals surface area contributed by atoms with Gasteiger partial charge in [0, 0.05) is 31.4 Å². The van der Waals surface area contributed by atoms with Crippen LogP contribution in [0.15, 0.2) is 78.9 Å². The molecule has 13 heteroatoms. The third-order valence-electron chi connectivity index (χ3n) is 6.03. The molecule has 0 bridgehead atoms. The summed E-state index contributed by atoms with van der Waals surface area (Å²) in [5.41, 5.74) is 0.621. The lowest BCUT2D eigenvalue weighted by Crippen LogP contribution is -2.41. The molecule has 0 N–H and O–H groups in total. The van der Waals surface area contributed by atoms with Crippen molar-refractivity contribution in [1.82, 2.24) is 0 Å². The Hall–Kier alpha value is -4.72. The number of carbonyl (C=O) groups excluding carboxylic acids is 2. The first-order valence-electron chi connectivity index (χ1n) is 12.0. The molecule has 4 rings (SSSR count). The highest BCUT2D eigenvalue weighted by Gasteiger charge is 2.49. The molecule has 1 saturated heterocycles. The second-order valence-corrected chi connectivity index (χ2v) is 8.62. The zero-order valence-corrected chi connectivity index (χ0v) is 21.1. The number of nitrogens with zero attached hydrogens (tertiary/aromatic N) is 2. The van der Waals surface area contributed by atoms with Crippen molar-refractivity contribution in [2.75, 3.05) is 13.7 Å². The van der Waals surface area contributed by atoms with Gasteiger partial charge in [0.25, 0.3) is 11.4 Å². The molecule has 1 aliphatic rings. The molecule has 40 heavy (non-hydrogen) atoms. The molecular weight excluding hydrogens is 528 g/mol.